The number of rotatable bonds is 1. The van der Waals surface area contributed by atoms with Gasteiger partial charge in [-0.1, -0.05) is 0 Å². The minimum Gasteiger partial charge on any atom is -0.342 e. The normalized spacial score (nSPS) is 10.6. The molecule has 0 saturated heterocycles. The number of imidazole rings is 1. The number of nitrogens with zero attached hydrogens (tertiary/aromatic N) is 1. The van der Waals surface area contributed by atoms with E-state index in [9.17, 15) is 4.79 Å². The lowest BCUT2D eigenvalue weighted by atomic mass is 10.1. The number of aromatic amines is 1. The van der Waals surface area contributed by atoms with Crippen LogP contribution < -0.4 is 0 Å². The number of aldehydes is 1. The first-order chi connectivity index (χ1) is 6.20. The number of fused-ring (bicyclic) bond motifs is 1. The first-order valence-corrected chi connectivity index (χ1v) is 4.13. The maximum absolute atomic E-state index is 10.6. The van der Waals surface area contributed by atoms with Gasteiger partial charge in [-0.3, -0.25) is 4.79 Å². The Morgan fingerprint density at radius 2 is 2.15 bits per heavy atom. The van der Waals surface area contributed by atoms with Gasteiger partial charge >= 0.3 is 0 Å². The summed E-state index contributed by atoms with van der Waals surface area (Å²) in [6.45, 7) is 3.81. The third-order valence-electron chi connectivity index (χ3n) is 2.12. The highest BCUT2D eigenvalue weighted by Gasteiger charge is 2.03. The molecule has 0 amide bonds. The van der Waals surface area contributed by atoms with Gasteiger partial charge in [-0.2, -0.15) is 0 Å². The summed E-state index contributed by atoms with van der Waals surface area (Å²) in [5.41, 5.74) is 3.52. The number of carbonyl (C=O) groups excluding carboxylic acids is 1. The molecule has 66 valence electrons. The van der Waals surface area contributed by atoms with Gasteiger partial charge in [0.05, 0.1) is 11.0 Å². The van der Waals surface area contributed by atoms with Crippen molar-refractivity contribution in [2.75, 3.05) is 0 Å². The molecular weight excluding hydrogens is 164 g/mol. The summed E-state index contributed by atoms with van der Waals surface area (Å²) in [4.78, 5) is 18.0. The lowest BCUT2D eigenvalue weighted by molar-refractivity contribution is 0.112. The molecule has 0 fully saturated rings. The van der Waals surface area contributed by atoms with E-state index >= 15 is 0 Å². The summed E-state index contributed by atoms with van der Waals surface area (Å²) in [7, 11) is 0. The zero-order valence-electron chi connectivity index (χ0n) is 7.59. The van der Waals surface area contributed by atoms with Gasteiger partial charge < -0.3 is 4.98 Å². The van der Waals surface area contributed by atoms with Gasteiger partial charge in [0.2, 0.25) is 0 Å². The topological polar surface area (TPSA) is 45.8 Å². The van der Waals surface area contributed by atoms with Gasteiger partial charge in [-0.25, -0.2) is 4.98 Å². The third-order valence-corrected chi connectivity index (χ3v) is 2.12. The van der Waals surface area contributed by atoms with E-state index in [1.165, 1.54) is 0 Å². The molecule has 0 atom stereocenters. The summed E-state index contributed by atoms with van der Waals surface area (Å²) >= 11 is 0. The number of hydrogen-bond donors (Lipinski definition) is 1. The number of H-pyrrole nitrogens is 1. The van der Waals surface area contributed by atoms with Crippen LogP contribution in [0.25, 0.3) is 11.0 Å². The van der Waals surface area contributed by atoms with Gasteiger partial charge in [-0.05, 0) is 31.5 Å². The Bertz CT molecular complexity index is 471. The van der Waals surface area contributed by atoms with E-state index in [2.05, 4.69) is 9.97 Å². The summed E-state index contributed by atoms with van der Waals surface area (Å²) in [6.07, 6.45) is 0.860. The summed E-state index contributed by atoms with van der Waals surface area (Å²) < 4.78 is 0. The molecule has 13 heavy (non-hydrogen) atoms. The molecule has 1 heterocycles. The van der Waals surface area contributed by atoms with Crippen LogP contribution in [0.4, 0.5) is 0 Å². The molecule has 3 heteroatoms. The summed E-state index contributed by atoms with van der Waals surface area (Å²) in [6, 6.07) is 3.75. The van der Waals surface area contributed by atoms with Crippen LogP contribution in [-0.2, 0) is 0 Å². The van der Waals surface area contributed by atoms with E-state index in [-0.39, 0.29) is 0 Å². The van der Waals surface area contributed by atoms with Crippen molar-refractivity contribution in [3.63, 3.8) is 0 Å². The average Bonchev–Trinajstić information content (AvgIpc) is 2.42. The van der Waals surface area contributed by atoms with Crippen molar-refractivity contribution in [1.29, 1.82) is 0 Å². The molecule has 2 rings (SSSR count). The van der Waals surface area contributed by atoms with E-state index in [1.54, 1.807) is 6.07 Å². The van der Waals surface area contributed by atoms with Crippen LogP contribution in [0.2, 0.25) is 0 Å². The molecule has 1 N–H and O–H groups in total. The molecular formula is C10H10N2O. The van der Waals surface area contributed by atoms with Crippen molar-refractivity contribution in [2.45, 2.75) is 13.8 Å². The number of aryl methyl sites for hydroxylation is 2. The molecule has 0 saturated carbocycles. The second kappa shape index (κ2) is 2.69. The SMILES string of the molecule is Cc1nc2cc(C=O)c(C)cc2[nH]1. The van der Waals surface area contributed by atoms with Crippen LogP contribution in [-0.4, -0.2) is 16.3 Å². The Morgan fingerprint density at radius 1 is 1.38 bits per heavy atom. The monoisotopic (exact) mass is 174 g/mol. The van der Waals surface area contributed by atoms with Crippen molar-refractivity contribution >= 4 is 17.3 Å². The standard InChI is InChI=1S/C10H10N2O/c1-6-3-9-10(4-8(6)5-13)12-7(2)11-9/h3-5H,1-2H3,(H,11,12). The molecule has 0 aliphatic heterocycles. The van der Waals surface area contributed by atoms with Crippen molar-refractivity contribution in [2.24, 2.45) is 0 Å². The second-order valence-corrected chi connectivity index (χ2v) is 3.17. The Hall–Kier alpha value is -1.64. The van der Waals surface area contributed by atoms with Gasteiger partial charge in [0, 0.05) is 5.56 Å². The summed E-state index contributed by atoms with van der Waals surface area (Å²) in [5, 5.41) is 0. The van der Waals surface area contributed by atoms with Crippen LogP contribution in [0.5, 0.6) is 0 Å². The van der Waals surface area contributed by atoms with Crippen LogP contribution in [0.3, 0.4) is 0 Å². The average molecular weight is 174 g/mol. The van der Waals surface area contributed by atoms with Crippen molar-refractivity contribution < 1.29 is 4.79 Å². The smallest absolute Gasteiger partial charge is 0.150 e. The first kappa shape index (κ1) is 7.98. The number of carbonyl (C=O) groups is 1. The molecule has 1 aromatic heterocycles. The van der Waals surface area contributed by atoms with E-state index in [1.807, 2.05) is 19.9 Å². The number of aromatic nitrogens is 2. The highest BCUT2D eigenvalue weighted by atomic mass is 16.1. The minimum absolute atomic E-state index is 0.707. The Morgan fingerprint density at radius 3 is 2.85 bits per heavy atom. The molecule has 0 aliphatic rings. The zero-order valence-corrected chi connectivity index (χ0v) is 7.59. The molecule has 3 nitrogen and oxygen atoms in total. The Labute approximate surface area is 75.8 Å². The summed E-state index contributed by atoms with van der Waals surface area (Å²) in [5.74, 6) is 0.873. The van der Waals surface area contributed by atoms with Gasteiger partial charge in [0.15, 0.2) is 0 Å². The van der Waals surface area contributed by atoms with Crippen LogP contribution in [0.15, 0.2) is 12.1 Å². The van der Waals surface area contributed by atoms with E-state index in [0.717, 1.165) is 28.7 Å². The van der Waals surface area contributed by atoms with Crippen LogP contribution in [0.1, 0.15) is 21.7 Å². The minimum atomic E-state index is 0.707. The van der Waals surface area contributed by atoms with Gasteiger partial charge in [-0.15, -0.1) is 0 Å². The lowest BCUT2D eigenvalue weighted by Crippen LogP contribution is -1.85. The van der Waals surface area contributed by atoms with Gasteiger partial charge in [0.25, 0.3) is 0 Å². The van der Waals surface area contributed by atoms with Crippen molar-refractivity contribution in [3.8, 4) is 0 Å². The highest BCUT2D eigenvalue weighted by molar-refractivity contribution is 5.86. The van der Waals surface area contributed by atoms with E-state index < -0.39 is 0 Å². The van der Waals surface area contributed by atoms with Crippen molar-refractivity contribution in [3.05, 3.63) is 29.1 Å². The fourth-order valence-corrected chi connectivity index (χ4v) is 1.44. The van der Waals surface area contributed by atoms with E-state index in [0.29, 0.717) is 5.56 Å². The third kappa shape index (κ3) is 1.22. The molecule has 0 aliphatic carbocycles. The predicted molar refractivity (Wildman–Crippen MR) is 51.0 cm³/mol. The largest absolute Gasteiger partial charge is 0.342 e. The maximum atomic E-state index is 10.6. The van der Waals surface area contributed by atoms with Crippen LogP contribution >= 0.6 is 0 Å². The lowest BCUT2D eigenvalue weighted by Gasteiger charge is -1.96. The molecule has 1 aromatic carbocycles. The van der Waals surface area contributed by atoms with Gasteiger partial charge in [0.1, 0.15) is 12.1 Å². The molecule has 0 radical (unpaired) electrons. The maximum Gasteiger partial charge on any atom is 0.150 e. The van der Waals surface area contributed by atoms with E-state index in [4.69, 9.17) is 0 Å². The number of hydrogen-bond acceptors (Lipinski definition) is 2. The first-order valence-electron chi connectivity index (χ1n) is 4.13. The molecule has 0 spiro atoms. The number of benzene rings is 1. The number of nitrogens with one attached hydrogen (secondary N) is 1. The van der Waals surface area contributed by atoms with Crippen LogP contribution in [0, 0.1) is 13.8 Å². The highest BCUT2D eigenvalue weighted by Crippen LogP contribution is 2.16. The fourth-order valence-electron chi connectivity index (χ4n) is 1.44. The molecule has 2 aromatic rings. The Balaban J connectivity index is 2.79. The fraction of sp³-hybridized carbons (Fsp3) is 0.200. The van der Waals surface area contributed by atoms with Crippen molar-refractivity contribution in [1.82, 2.24) is 9.97 Å². The second-order valence-electron chi connectivity index (χ2n) is 3.17. The Kier molecular flexibility index (Phi) is 1.65. The molecule has 0 unspecified atom stereocenters. The quantitative estimate of drug-likeness (QED) is 0.672. The zero-order chi connectivity index (χ0) is 9.42. The molecule has 0 bridgehead atoms. The predicted octanol–water partition coefficient (Wildman–Crippen LogP) is 1.99.